The Morgan fingerprint density at radius 1 is 0.816 bits per heavy atom. The Kier molecular flexibility index (Phi) is 3.83. The number of para-hydroxylation sites is 2. The van der Waals surface area contributed by atoms with Gasteiger partial charge in [-0.1, -0.05) is 61.0 Å². The van der Waals surface area contributed by atoms with Gasteiger partial charge < -0.3 is 13.3 Å². The van der Waals surface area contributed by atoms with Gasteiger partial charge in [0, 0.05) is 33.2 Å². The van der Waals surface area contributed by atoms with Crippen molar-refractivity contribution in [3.63, 3.8) is 0 Å². The maximum Gasteiger partial charge on any atom is 0.307 e. The minimum absolute atomic E-state index is 0.421. The van der Waals surface area contributed by atoms with E-state index in [2.05, 4.69) is 54.0 Å². The van der Waals surface area contributed by atoms with E-state index < -0.39 is 0 Å². The van der Waals surface area contributed by atoms with Crippen LogP contribution in [-0.2, 0) is 6.42 Å². The number of hydrogen-bond donors (Lipinski definition) is 0. The molecule has 5 nitrogen and oxygen atoms in total. The van der Waals surface area contributed by atoms with Crippen molar-refractivity contribution < 1.29 is 13.3 Å². The van der Waals surface area contributed by atoms with Crippen molar-refractivity contribution >= 4 is 83.5 Å². The van der Waals surface area contributed by atoms with Gasteiger partial charge in [0.15, 0.2) is 5.58 Å². The van der Waals surface area contributed by atoms with Crippen LogP contribution in [0.1, 0.15) is 18.2 Å². The predicted molar refractivity (Wildman–Crippen MR) is 152 cm³/mol. The number of fused-ring (bicyclic) bond motifs is 11. The average Bonchev–Trinajstić information content (AvgIpc) is 3.67. The van der Waals surface area contributed by atoms with Crippen LogP contribution in [0.25, 0.3) is 77.9 Å². The molecule has 0 amide bonds. The van der Waals surface area contributed by atoms with Gasteiger partial charge in [-0.15, -0.1) is 0 Å². The van der Waals surface area contributed by atoms with Crippen LogP contribution < -0.4 is 0 Å². The number of halogens is 1. The number of rotatable bonds is 1. The van der Waals surface area contributed by atoms with Crippen LogP contribution in [0.2, 0.25) is 5.02 Å². The maximum atomic E-state index is 6.73. The van der Waals surface area contributed by atoms with E-state index in [-0.39, 0.29) is 0 Å². The molecule has 8 aromatic rings. The molecule has 0 saturated carbocycles. The lowest BCUT2D eigenvalue weighted by Gasteiger charge is -2.10. The molecule has 4 aromatic carbocycles. The Labute approximate surface area is 220 Å². The molecular weight excluding hydrogens is 496 g/mol. The Balaban J connectivity index is 1.41. The van der Waals surface area contributed by atoms with Gasteiger partial charge in [-0.25, -0.2) is 0 Å². The van der Waals surface area contributed by atoms with Gasteiger partial charge in [0.1, 0.15) is 28.0 Å². The van der Waals surface area contributed by atoms with E-state index in [1.807, 2.05) is 36.4 Å². The van der Waals surface area contributed by atoms with Crippen LogP contribution in [0, 0.1) is 5.92 Å². The fraction of sp³-hybridized carbons (Fsp3) is 0.0938. The molecule has 1 aliphatic rings. The highest BCUT2D eigenvalue weighted by Gasteiger charge is 2.26. The lowest BCUT2D eigenvalue weighted by molar-refractivity contribution is 0.573. The second kappa shape index (κ2) is 7.09. The molecule has 6 heteroatoms. The molecule has 182 valence electrons. The predicted octanol–water partition coefficient (Wildman–Crippen LogP) is 9.43. The molecule has 0 spiro atoms. The summed E-state index contributed by atoms with van der Waals surface area (Å²) < 4.78 is 20.9. The molecule has 9 rings (SSSR count). The number of hydrogen-bond acceptors (Lipinski definition) is 4. The van der Waals surface area contributed by atoms with Crippen molar-refractivity contribution in [1.29, 1.82) is 0 Å². The molecular formula is C32H19ClN2O3. The van der Waals surface area contributed by atoms with E-state index in [0.29, 0.717) is 22.5 Å². The van der Waals surface area contributed by atoms with Gasteiger partial charge in [-0.3, -0.25) is 4.57 Å². The van der Waals surface area contributed by atoms with Gasteiger partial charge in [-0.2, -0.15) is 4.98 Å². The topological polar surface area (TPSA) is 57.2 Å². The Morgan fingerprint density at radius 2 is 1.66 bits per heavy atom. The van der Waals surface area contributed by atoms with E-state index in [9.17, 15) is 0 Å². The van der Waals surface area contributed by atoms with Crippen molar-refractivity contribution in [3.05, 3.63) is 89.2 Å². The molecule has 1 unspecified atom stereocenters. The zero-order valence-corrected chi connectivity index (χ0v) is 21.0. The lowest BCUT2D eigenvalue weighted by Crippen LogP contribution is -2.01. The summed E-state index contributed by atoms with van der Waals surface area (Å²) in [5, 5.41) is 5.77. The Hall–Kier alpha value is -4.48. The molecule has 38 heavy (non-hydrogen) atoms. The molecule has 4 heterocycles. The van der Waals surface area contributed by atoms with E-state index in [1.165, 1.54) is 0 Å². The largest absolute Gasteiger partial charge is 0.456 e. The highest BCUT2D eigenvalue weighted by atomic mass is 35.5. The summed E-state index contributed by atoms with van der Waals surface area (Å²) in [6.45, 7) is 2.21. The fourth-order valence-electron chi connectivity index (χ4n) is 6.15. The fourth-order valence-corrected chi connectivity index (χ4v) is 6.38. The van der Waals surface area contributed by atoms with Crippen LogP contribution in [0.15, 0.2) is 86.1 Å². The smallest absolute Gasteiger partial charge is 0.307 e. The SMILES string of the molecule is CC1C=Cc2oc3cc(Cl)c4oc(-n5c6ccccc6c6cc7oc8ccccc8c7cc65)nc4c3c2C1. The molecule has 0 N–H and O–H groups in total. The minimum Gasteiger partial charge on any atom is -0.456 e. The Bertz CT molecular complexity index is 2310. The zero-order chi connectivity index (χ0) is 25.1. The minimum atomic E-state index is 0.421. The van der Waals surface area contributed by atoms with Crippen molar-refractivity contribution in [2.45, 2.75) is 13.3 Å². The molecule has 0 bridgehead atoms. The highest BCUT2D eigenvalue weighted by molar-refractivity contribution is 6.36. The molecule has 4 aromatic heterocycles. The number of furan rings is 2. The molecule has 1 atom stereocenters. The first-order valence-electron chi connectivity index (χ1n) is 12.7. The van der Waals surface area contributed by atoms with Gasteiger partial charge >= 0.3 is 6.01 Å². The average molecular weight is 515 g/mol. The summed E-state index contributed by atoms with van der Waals surface area (Å²) in [5.74, 6) is 1.29. The number of nitrogens with zero attached hydrogens (tertiary/aromatic N) is 2. The van der Waals surface area contributed by atoms with Crippen LogP contribution in [0.3, 0.4) is 0 Å². The van der Waals surface area contributed by atoms with E-state index in [1.54, 1.807) is 0 Å². The van der Waals surface area contributed by atoms with Crippen molar-refractivity contribution in [2.24, 2.45) is 5.92 Å². The van der Waals surface area contributed by atoms with E-state index >= 15 is 0 Å². The van der Waals surface area contributed by atoms with E-state index in [0.717, 1.165) is 78.0 Å². The normalized spacial score (nSPS) is 15.7. The Morgan fingerprint density at radius 3 is 2.58 bits per heavy atom. The summed E-state index contributed by atoms with van der Waals surface area (Å²) in [7, 11) is 0. The highest BCUT2D eigenvalue weighted by Crippen LogP contribution is 2.42. The molecule has 1 aliphatic carbocycles. The first-order valence-corrected chi connectivity index (χ1v) is 13.1. The molecule has 0 saturated heterocycles. The third-order valence-corrected chi connectivity index (χ3v) is 8.14. The van der Waals surface area contributed by atoms with Gasteiger partial charge in [0.05, 0.1) is 21.4 Å². The lowest BCUT2D eigenvalue weighted by atomic mass is 9.93. The summed E-state index contributed by atoms with van der Waals surface area (Å²) in [6, 6.07) is 23.0. The third-order valence-electron chi connectivity index (χ3n) is 7.86. The van der Waals surface area contributed by atoms with Crippen molar-refractivity contribution in [2.75, 3.05) is 0 Å². The van der Waals surface area contributed by atoms with Gasteiger partial charge in [0.25, 0.3) is 0 Å². The van der Waals surface area contributed by atoms with Gasteiger partial charge in [0.2, 0.25) is 0 Å². The number of oxazole rings is 1. The third kappa shape index (κ3) is 2.59. The van der Waals surface area contributed by atoms with Crippen LogP contribution in [0.4, 0.5) is 0 Å². The van der Waals surface area contributed by atoms with Crippen LogP contribution in [0.5, 0.6) is 0 Å². The first kappa shape index (κ1) is 20.6. The van der Waals surface area contributed by atoms with E-state index in [4.69, 9.17) is 29.8 Å². The van der Waals surface area contributed by atoms with Crippen LogP contribution in [-0.4, -0.2) is 9.55 Å². The van der Waals surface area contributed by atoms with Gasteiger partial charge in [-0.05, 0) is 42.7 Å². The summed E-state index contributed by atoms with van der Waals surface area (Å²) in [5.41, 5.74) is 6.92. The van der Waals surface area contributed by atoms with Crippen LogP contribution >= 0.6 is 11.6 Å². The maximum absolute atomic E-state index is 6.73. The second-order valence-electron chi connectivity index (χ2n) is 10.2. The standard InChI is InChI=1S/C32H19ClN2O3/c1-16-10-11-26-21(12-16)29-28(37-26)15-22(33)31-30(29)34-32(38-31)35-23-8-4-2-6-17(23)19-14-27-20(13-24(19)35)18-7-3-5-9-25(18)36-27/h2-11,13-16H,12H2,1H3. The first-order chi connectivity index (χ1) is 18.6. The molecule has 0 aliphatic heterocycles. The summed E-state index contributed by atoms with van der Waals surface area (Å²) >= 11 is 6.73. The summed E-state index contributed by atoms with van der Waals surface area (Å²) in [4.78, 5) is 5.08. The molecule has 0 radical (unpaired) electrons. The quantitative estimate of drug-likeness (QED) is 0.219. The number of benzene rings is 4. The number of allylic oxidation sites excluding steroid dienone is 1. The van der Waals surface area contributed by atoms with Crippen molar-refractivity contribution in [1.82, 2.24) is 9.55 Å². The summed E-state index contributed by atoms with van der Waals surface area (Å²) in [6.07, 6.45) is 5.12. The number of aromatic nitrogens is 2. The van der Waals surface area contributed by atoms with Crippen molar-refractivity contribution in [3.8, 4) is 6.01 Å². The zero-order valence-electron chi connectivity index (χ0n) is 20.3. The second-order valence-corrected chi connectivity index (χ2v) is 10.6. The molecule has 0 fully saturated rings. The monoisotopic (exact) mass is 514 g/mol.